The number of aryl methyl sites for hydroxylation is 1. The molecule has 52 heavy (non-hydrogen) atoms. The summed E-state index contributed by atoms with van der Waals surface area (Å²) in [6.45, 7) is 4.78. The quantitative estimate of drug-likeness (QED) is 0.0275. The Bertz CT molecular complexity index is 1410. The number of aromatic amines is 1. The van der Waals surface area contributed by atoms with Gasteiger partial charge in [0.05, 0.1) is 19.8 Å². The number of unbranched alkanes of at least 4 members (excludes halogenated alkanes) is 16. The Balaban J connectivity index is 0.0000130. The average molecular weight is 807 g/mol. The van der Waals surface area contributed by atoms with E-state index in [-0.39, 0.29) is 31.1 Å². The van der Waals surface area contributed by atoms with Crippen LogP contribution in [0, 0.1) is 6.92 Å². The molecule has 0 saturated carbocycles. The summed E-state index contributed by atoms with van der Waals surface area (Å²) in [5.41, 5.74) is -1.01. The predicted octanol–water partition coefficient (Wildman–Crippen LogP) is 9.08. The van der Waals surface area contributed by atoms with Crippen LogP contribution in [0.25, 0.3) is 0 Å². The molecule has 5 atom stereocenters. The van der Waals surface area contributed by atoms with Gasteiger partial charge in [-0.2, -0.15) is 8.62 Å². The predicted molar refractivity (Wildman–Crippen MR) is 201 cm³/mol. The fraction of sp³-hybridized carbons (Fsp3) is 0.812. The van der Waals surface area contributed by atoms with Gasteiger partial charge in [0.15, 0.2) is 6.23 Å². The first-order chi connectivity index (χ1) is 23.8. The molecular formula is C32H65N4O13P3. The fourth-order valence-corrected chi connectivity index (χ4v) is 9.33. The van der Waals surface area contributed by atoms with Crippen LogP contribution in [0.1, 0.15) is 141 Å². The zero-order chi connectivity index (χ0) is 36.9. The summed E-state index contributed by atoms with van der Waals surface area (Å²) >= 11 is 0. The highest BCUT2D eigenvalue weighted by molar-refractivity contribution is 7.67. The normalized spacial score (nSPS) is 18.9. The highest BCUT2D eigenvalue weighted by Crippen LogP contribution is 2.69. The second-order valence-electron chi connectivity index (χ2n) is 12.6. The van der Waals surface area contributed by atoms with Crippen molar-refractivity contribution in [1.29, 1.82) is 0 Å². The topological polar surface area (TPSA) is 272 Å². The Morgan fingerprint density at radius 3 is 1.69 bits per heavy atom. The number of hydrogen-bond donors (Lipinski definition) is 5. The molecule has 0 spiro atoms. The molecular weight excluding hydrogens is 741 g/mol. The van der Waals surface area contributed by atoms with E-state index in [4.69, 9.17) is 22.6 Å². The Morgan fingerprint density at radius 2 is 1.17 bits per heavy atom. The summed E-state index contributed by atoms with van der Waals surface area (Å²) in [7, 11) is -15.4. The van der Waals surface area contributed by atoms with Crippen LogP contribution >= 0.6 is 23.5 Å². The Hall–Kier alpha value is -1.29. The second kappa shape index (κ2) is 27.3. The van der Waals surface area contributed by atoms with Gasteiger partial charge in [-0.1, -0.05) is 123 Å². The number of nitrogens with one attached hydrogen (secondary N) is 1. The lowest BCUT2D eigenvalue weighted by Gasteiger charge is -2.22. The van der Waals surface area contributed by atoms with Crippen LogP contribution in [-0.4, -0.2) is 45.3 Å². The van der Waals surface area contributed by atoms with E-state index in [0.29, 0.717) is 19.3 Å². The lowest BCUT2D eigenvalue weighted by Crippen LogP contribution is -2.33. The number of phosphoric ester groups is 2. The van der Waals surface area contributed by atoms with Crippen molar-refractivity contribution in [2.75, 3.05) is 19.8 Å². The average Bonchev–Trinajstić information content (AvgIpc) is 3.51. The van der Waals surface area contributed by atoms with Gasteiger partial charge in [0.1, 0.15) is 6.10 Å². The zero-order valence-corrected chi connectivity index (χ0v) is 34.0. The van der Waals surface area contributed by atoms with Gasteiger partial charge in [-0.05, 0) is 25.8 Å². The van der Waals surface area contributed by atoms with Gasteiger partial charge in [-0.15, -0.1) is 0 Å². The van der Waals surface area contributed by atoms with Crippen LogP contribution in [0.2, 0.25) is 0 Å². The number of phosphoric acid groups is 3. The lowest BCUT2D eigenvalue weighted by molar-refractivity contribution is -0.0105. The van der Waals surface area contributed by atoms with Crippen molar-refractivity contribution in [3.05, 3.63) is 44.8 Å². The first-order valence-electron chi connectivity index (χ1n) is 18.1. The number of H-pyrrole nitrogens is 1. The number of hydrogen-bond acceptors (Lipinski definition) is 13. The first-order valence-corrected chi connectivity index (χ1v) is 22.5. The Morgan fingerprint density at radius 1 is 0.692 bits per heavy atom. The van der Waals surface area contributed by atoms with Gasteiger partial charge < -0.3 is 26.8 Å². The van der Waals surface area contributed by atoms with E-state index in [1.54, 1.807) is 0 Å². The SMILES string of the molecule is CCCCCCCCCCCCCCCCCCOP(=O)(OCCCC)OP(=O)(O)OP(=O)(O)OC[C@@H]1C=C[C@H](n2cc(C)c(=O)[nH]c2=O)O1.N.N. The number of nitrogens with zero attached hydrogens (tertiary/aromatic N) is 1. The van der Waals surface area contributed by atoms with Crippen molar-refractivity contribution in [3.63, 3.8) is 0 Å². The summed E-state index contributed by atoms with van der Waals surface area (Å²) in [5, 5.41) is 0. The largest absolute Gasteiger partial charge is 0.490 e. The molecule has 0 saturated heterocycles. The standard InChI is InChI=1S/C32H59N2O13P3.2H3N/c1-4-6-8-9-10-11-12-13-14-15-16-17-18-19-20-21-25-43-50(41,42-24-7-5-2)47-49(39,40)46-48(37,38)44-27-29-22-23-30(45-29)34-26-28(3)31(35)33-32(34)36;;/h22-23,26,29-30H,4-21,24-25,27H2,1-3H3,(H,37,38)(H,39,40)(H,33,35,36);2*1H3/t29-,30+,50?;;/m0../s1. The van der Waals surface area contributed by atoms with Crippen LogP contribution in [0.4, 0.5) is 0 Å². The molecule has 0 aromatic carbocycles. The molecule has 0 radical (unpaired) electrons. The maximum Gasteiger partial charge on any atom is 0.490 e. The molecule has 2 rings (SSSR count). The molecule has 1 aromatic rings. The molecule has 9 N–H and O–H groups in total. The van der Waals surface area contributed by atoms with E-state index in [9.17, 15) is 33.1 Å². The number of aromatic nitrogens is 2. The van der Waals surface area contributed by atoms with Crippen LogP contribution < -0.4 is 23.6 Å². The van der Waals surface area contributed by atoms with Gasteiger partial charge in [0.2, 0.25) is 0 Å². The van der Waals surface area contributed by atoms with E-state index in [1.807, 2.05) is 6.92 Å². The maximum absolute atomic E-state index is 13.2. The Kier molecular flexibility index (Phi) is 26.6. The molecule has 17 nitrogen and oxygen atoms in total. The molecule has 3 unspecified atom stereocenters. The van der Waals surface area contributed by atoms with Gasteiger partial charge >= 0.3 is 29.2 Å². The molecule has 1 aliphatic heterocycles. The first kappa shape index (κ1) is 50.7. The van der Waals surface area contributed by atoms with E-state index in [1.165, 1.54) is 95.9 Å². The summed E-state index contributed by atoms with van der Waals surface area (Å²) in [5.74, 6) is 0. The third-order valence-corrected chi connectivity index (χ3v) is 12.8. The van der Waals surface area contributed by atoms with E-state index < -0.39 is 53.7 Å². The van der Waals surface area contributed by atoms with E-state index in [2.05, 4.69) is 16.2 Å². The van der Waals surface area contributed by atoms with E-state index >= 15 is 0 Å². The molecule has 0 aliphatic carbocycles. The molecule has 20 heteroatoms. The van der Waals surface area contributed by atoms with Crippen molar-refractivity contribution < 1.29 is 50.4 Å². The third-order valence-electron chi connectivity index (χ3n) is 8.03. The van der Waals surface area contributed by atoms with Crippen molar-refractivity contribution in [2.24, 2.45) is 0 Å². The van der Waals surface area contributed by atoms with Gasteiger partial charge in [0.25, 0.3) is 5.56 Å². The lowest BCUT2D eigenvalue weighted by atomic mass is 10.0. The van der Waals surface area contributed by atoms with Crippen LogP contribution in [0.15, 0.2) is 27.9 Å². The summed E-state index contributed by atoms with van der Waals surface area (Å²) in [6.07, 6.45) is 22.3. The molecule has 1 aromatic heterocycles. The fourth-order valence-electron chi connectivity index (χ4n) is 5.21. The van der Waals surface area contributed by atoms with Crippen LogP contribution in [0.5, 0.6) is 0 Å². The molecule has 0 amide bonds. The van der Waals surface area contributed by atoms with E-state index in [0.717, 1.165) is 30.3 Å². The number of rotatable bonds is 30. The monoisotopic (exact) mass is 806 g/mol. The van der Waals surface area contributed by atoms with Crippen molar-refractivity contribution in [3.8, 4) is 0 Å². The summed E-state index contributed by atoms with van der Waals surface area (Å²) < 4.78 is 69.3. The van der Waals surface area contributed by atoms with Crippen molar-refractivity contribution in [1.82, 2.24) is 21.9 Å². The van der Waals surface area contributed by atoms with Gasteiger partial charge in [-0.25, -0.2) is 18.5 Å². The minimum atomic E-state index is -5.50. The minimum absolute atomic E-state index is 0. The Labute approximate surface area is 308 Å². The molecule has 0 bridgehead atoms. The minimum Gasteiger partial charge on any atom is -0.344 e. The summed E-state index contributed by atoms with van der Waals surface area (Å²) in [6, 6.07) is 0. The van der Waals surface area contributed by atoms with Crippen molar-refractivity contribution in [2.45, 2.75) is 149 Å². The van der Waals surface area contributed by atoms with Gasteiger partial charge in [0, 0.05) is 11.8 Å². The van der Waals surface area contributed by atoms with Crippen LogP contribution in [0.3, 0.4) is 0 Å². The molecule has 0 fully saturated rings. The molecule has 1 aliphatic rings. The van der Waals surface area contributed by atoms with Gasteiger partial charge in [-0.3, -0.25) is 27.9 Å². The zero-order valence-electron chi connectivity index (χ0n) is 31.3. The maximum atomic E-state index is 13.2. The highest BCUT2D eigenvalue weighted by atomic mass is 31.3. The molecule has 2 heterocycles. The third kappa shape index (κ3) is 21.6. The van der Waals surface area contributed by atoms with Crippen LogP contribution in [-0.2, 0) is 40.6 Å². The van der Waals surface area contributed by atoms with Crippen molar-refractivity contribution >= 4 is 23.5 Å². The smallest absolute Gasteiger partial charge is 0.344 e. The second-order valence-corrected chi connectivity index (χ2v) is 17.4. The molecule has 306 valence electrons. The number of ether oxygens (including phenoxy) is 1. The highest BCUT2D eigenvalue weighted by Gasteiger charge is 2.44. The summed E-state index contributed by atoms with van der Waals surface area (Å²) in [4.78, 5) is 46.2.